The van der Waals surface area contributed by atoms with E-state index in [9.17, 15) is 4.79 Å². The molecule has 5 rings (SSSR count). The quantitative estimate of drug-likeness (QED) is 0.719. The molecule has 1 unspecified atom stereocenters. The number of nitrogens with zero attached hydrogens (tertiary/aromatic N) is 2. The molecule has 1 aliphatic heterocycles. The predicted molar refractivity (Wildman–Crippen MR) is 109 cm³/mol. The predicted octanol–water partition coefficient (Wildman–Crippen LogP) is 4.00. The Bertz CT molecular complexity index is 964. The fourth-order valence-electron chi connectivity index (χ4n) is 5.02. The van der Waals surface area contributed by atoms with Gasteiger partial charge in [0, 0.05) is 47.2 Å². The van der Waals surface area contributed by atoms with Crippen LogP contribution in [-0.2, 0) is 11.2 Å². The van der Waals surface area contributed by atoms with E-state index < -0.39 is 0 Å². The lowest BCUT2D eigenvalue weighted by atomic mass is 9.72. The van der Waals surface area contributed by atoms with E-state index in [2.05, 4.69) is 51.5 Å². The van der Waals surface area contributed by atoms with Crippen molar-refractivity contribution in [3.05, 3.63) is 47.1 Å². The number of hydrogen-bond donors (Lipinski definition) is 2. The van der Waals surface area contributed by atoms with Crippen molar-refractivity contribution in [3.63, 3.8) is 0 Å². The van der Waals surface area contributed by atoms with Crippen LogP contribution in [0, 0.1) is 5.92 Å². The normalized spacial score (nSPS) is 24.7. The summed E-state index contributed by atoms with van der Waals surface area (Å²) in [7, 11) is 0. The molecule has 27 heavy (non-hydrogen) atoms. The van der Waals surface area contributed by atoms with Gasteiger partial charge in [-0.15, -0.1) is 11.3 Å². The minimum Gasteiger partial charge on any atom is -0.361 e. The fraction of sp³-hybridized carbons (Fsp3) is 0.429. The van der Waals surface area contributed by atoms with Crippen LogP contribution in [0.15, 0.2) is 36.0 Å². The molecule has 1 amide bonds. The second-order valence-electron chi connectivity index (χ2n) is 7.72. The lowest BCUT2D eigenvalue weighted by Crippen LogP contribution is -2.52. The van der Waals surface area contributed by atoms with Gasteiger partial charge in [0.05, 0.1) is 5.92 Å². The average molecular weight is 381 g/mol. The summed E-state index contributed by atoms with van der Waals surface area (Å²) in [4.78, 5) is 23.1. The number of likely N-dealkylation sites (tertiary alicyclic amines) is 1. The van der Waals surface area contributed by atoms with Gasteiger partial charge < -0.3 is 10.3 Å². The summed E-state index contributed by atoms with van der Waals surface area (Å²) in [5.74, 6) is 0.512. The Morgan fingerprint density at radius 1 is 1.44 bits per heavy atom. The zero-order valence-electron chi connectivity index (χ0n) is 15.4. The van der Waals surface area contributed by atoms with Gasteiger partial charge in [-0.25, -0.2) is 4.98 Å². The molecular formula is C21H24N4OS. The van der Waals surface area contributed by atoms with Crippen molar-refractivity contribution in [1.82, 2.24) is 14.9 Å². The maximum Gasteiger partial charge on any atom is 0.230 e. The lowest BCUT2D eigenvalue weighted by Gasteiger charge is -2.46. The number of fused-ring (bicyclic) bond motifs is 2. The van der Waals surface area contributed by atoms with Crippen LogP contribution < -0.4 is 5.32 Å². The summed E-state index contributed by atoms with van der Waals surface area (Å²) in [5.41, 5.74) is 4.05. The Labute approximate surface area is 162 Å². The maximum absolute atomic E-state index is 13.0. The third-order valence-corrected chi connectivity index (χ3v) is 6.81. The van der Waals surface area contributed by atoms with E-state index in [4.69, 9.17) is 0 Å². The van der Waals surface area contributed by atoms with Crippen LogP contribution in [0.4, 0.5) is 5.13 Å². The molecule has 3 heterocycles. The first-order chi connectivity index (χ1) is 13.2. The highest BCUT2D eigenvalue weighted by molar-refractivity contribution is 7.13. The van der Waals surface area contributed by atoms with Gasteiger partial charge in [-0.3, -0.25) is 9.69 Å². The van der Waals surface area contributed by atoms with Crippen LogP contribution in [0.2, 0.25) is 0 Å². The Kier molecular flexibility index (Phi) is 4.25. The fourth-order valence-corrected chi connectivity index (χ4v) is 5.56. The topological polar surface area (TPSA) is 61.0 Å². The molecule has 2 aliphatic rings. The van der Waals surface area contributed by atoms with Crippen LogP contribution >= 0.6 is 11.3 Å². The van der Waals surface area contributed by atoms with Crippen molar-refractivity contribution in [1.29, 1.82) is 0 Å². The Balaban J connectivity index is 1.48. The monoisotopic (exact) mass is 380 g/mol. The number of piperidine rings is 1. The van der Waals surface area contributed by atoms with E-state index in [0.29, 0.717) is 17.1 Å². The van der Waals surface area contributed by atoms with E-state index >= 15 is 0 Å². The molecule has 1 fully saturated rings. The number of amides is 1. The number of nitrogens with one attached hydrogen (secondary N) is 2. The zero-order valence-corrected chi connectivity index (χ0v) is 16.3. The molecule has 6 heteroatoms. The number of rotatable bonds is 4. The first-order valence-electron chi connectivity index (χ1n) is 9.78. The van der Waals surface area contributed by atoms with E-state index in [1.54, 1.807) is 6.20 Å². The van der Waals surface area contributed by atoms with Crippen LogP contribution in [-0.4, -0.2) is 39.9 Å². The standard InChI is InChI=1S/C21H24N4OS/c1-2-7-25-12-14(20(26)24-21-22-6-8-27-21)9-16-15-4-3-5-17-19(15)13(11-23-17)10-18(16)25/h3-6,8,11,14,16,18,23H,2,7,9-10,12H2,1H3,(H,22,24,26)/t14?,16-,18-/m1/s1. The van der Waals surface area contributed by atoms with E-state index in [-0.39, 0.29) is 11.8 Å². The molecule has 1 aromatic carbocycles. The summed E-state index contributed by atoms with van der Waals surface area (Å²) in [6, 6.07) is 7.05. The smallest absolute Gasteiger partial charge is 0.230 e. The number of thiazole rings is 1. The summed E-state index contributed by atoms with van der Waals surface area (Å²) < 4.78 is 0. The van der Waals surface area contributed by atoms with Crippen LogP contribution in [0.3, 0.4) is 0 Å². The van der Waals surface area contributed by atoms with Crippen molar-refractivity contribution in [2.24, 2.45) is 5.92 Å². The van der Waals surface area contributed by atoms with Crippen LogP contribution in [0.1, 0.15) is 36.8 Å². The largest absolute Gasteiger partial charge is 0.361 e. The molecule has 0 spiro atoms. The van der Waals surface area contributed by atoms with Crippen molar-refractivity contribution in [3.8, 4) is 0 Å². The molecule has 1 saturated heterocycles. The SMILES string of the molecule is CCCN1CC(C(=O)Nc2nccs2)C[C@@H]2c3cccc4[nH]cc(c34)C[C@H]21. The van der Waals surface area contributed by atoms with E-state index in [1.807, 2.05) is 5.38 Å². The third-order valence-electron chi connectivity index (χ3n) is 6.12. The molecule has 0 radical (unpaired) electrons. The lowest BCUT2D eigenvalue weighted by molar-refractivity contribution is -0.122. The number of aromatic amines is 1. The molecule has 0 bridgehead atoms. The Morgan fingerprint density at radius 3 is 3.19 bits per heavy atom. The molecule has 140 valence electrons. The average Bonchev–Trinajstić information content (AvgIpc) is 3.33. The second kappa shape index (κ2) is 6.77. The minimum atomic E-state index is -0.00236. The molecule has 2 aromatic heterocycles. The second-order valence-corrected chi connectivity index (χ2v) is 8.61. The first-order valence-corrected chi connectivity index (χ1v) is 10.7. The van der Waals surface area contributed by atoms with Crippen molar-refractivity contribution < 1.29 is 4.79 Å². The minimum absolute atomic E-state index is 0.00236. The molecule has 3 aromatic rings. The number of carbonyl (C=O) groups excluding carboxylic acids is 1. The van der Waals surface area contributed by atoms with Gasteiger partial charge in [-0.05, 0) is 43.0 Å². The number of aromatic nitrogens is 2. The molecule has 0 saturated carbocycles. The zero-order chi connectivity index (χ0) is 18.4. The third kappa shape index (κ3) is 2.87. The highest BCUT2D eigenvalue weighted by Crippen LogP contribution is 2.45. The Hall–Kier alpha value is -2.18. The van der Waals surface area contributed by atoms with E-state index in [1.165, 1.54) is 33.4 Å². The maximum atomic E-state index is 13.0. The number of benzene rings is 1. The summed E-state index contributed by atoms with van der Waals surface area (Å²) >= 11 is 1.48. The molecule has 3 atom stereocenters. The summed E-state index contributed by atoms with van der Waals surface area (Å²) in [6.45, 7) is 4.10. The number of hydrogen-bond acceptors (Lipinski definition) is 4. The van der Waals surface area contributed by atoms with Gasteiger partial charge in [0.25, 0.3) is 0 Å². The van der Waals surface area contributed by atoms with Crippen molar-refractivity contribution >= 4 is 33.3 Å². The van der Waals surface area contributed by atoms with Crippen molar-refractivity contribution in [2.75, 3.05) is 18.4 Å². The highest BCUT2D eigenvalue weighted by Gasteiger charge is 2.42. The summed E-state index contributed by atoms with van der Waals surface area (Å²) in [6.07, 6.45) is 6.99. The van der Waals surface area contributed by atoms with Crippen LogP contribution in [0.5, 0.6) is 0 Å². The van der Waals surface area contributed by atoms with Gasteiger partial charge in [-0.2, -0.15) is 0 Å². The molecule has 1 aliphatic carbocycles. The first kappa shape index (κ1) is 17.0. The van der Waals surface area contributed by atoms with Gasteiger partial charge in [0.1, 0.15) is 0 Å². The van der Waals surface area contributed by atoms with Crippen LogP contribution in [0.25, 0.3) is 10.9 Å². The van der Waals surface area contributed by atoms with Crippen molar-refractivity contribution in [2.45, 2.75) is 38.1 Å². The number of carbonyl (C=O) groups is 1. The summed E-state index contributed by atoms with van der Waals surface area (Å²) in [5, 5.41) is 7.00. The Morgan fingerprint density at radius 2 is 2.37 bits per heavy atom. The molecule has 2 N–H and O–H groups in total. The number of anilines is 1. The highest BCUT2D eigenvalue weighted by atomic mass is 32.1. The molecule has 5 nitrogen and oxygen atoms in total. The van der Waals surface area contributed by atoms with E-state index in [0.717, 1.165) is 32.4 Å². The molecular weight excluding hydrogens is 356 g/mol. The van der Waals surface area contributed by atoms with Gasteiger partial charge in [0.2, 0.25) is 5.91 Å². The number of H-pyrrole nitrogens is 1. The van der Waals surface area contributed by atoms with Gasteiger partial charge in [-0.1, -0.05) is 19.1 Å². The van der Waals surface area contributed by atoms with Gasteiger partial charge >= 0.3 is 0 Å². The van der Waals surface area contributed by atoms with Gasteiger partial charge in [0.15, 0.2) is 5.13 Å².